The normalized spacial score (nSPS) is 17.0. The number of allylic oxidation sites excluding steroid dienone is 3. The molecular weight excluding hydrogens is 120 g/mol. The third-order valence-electron chi connectivity index (χ3n) is 2.00. The molecule has 0 heterocycles. The second-order valence-electron chi connectivity index (χ2n) is 2.88. The number of hydrogen-bond donors (Lipinski definition) is 0. The fraction of sp³-hybridized carbons (Fsp3) is 0.600. The van der Waals surface area contributed by atoms with Gasteiger partial charge in [-0.3, -0.25) is 0 Å². The highest BCUT2D eigenvalue weighted by atomic mass is 14.1. The van der Waals surface area contributed by atoms with Crippen molar-refractivity contribution in [3.8, 4) is 0 Å². The largest absolute Gasteiger partial charge is 0.0853 e. The quantitative estimate of drug-likeness (QED) is 0.410. The summed E-state index contributed by atoms with van der Waals surface area (Å²) < 4.78 is 0. The summed E-state index contributed by atoms with van der Waals surface area (Å²) in [6.07, 6.45) is 11.7. The molecule has 1 aliphatic carbocycles. The average Bonchev–Trinajstić information content (AvgIpc) is 2.41. The highest BCUT2D eigenvalue weighted by molar-refractivity contribution is 5.07. The Morgan fingerprint density at radius 1 is 1.60 bits per heavy atom. The molecule has 0 fully saturated rings. The molecule has 1 rings (SSSR count). The van der Waals surface area contributed by atoms with Crippen LogP contribution in [0.1, 0.15) is 38.5 Å². The van der Waals surface area contributed by atoms with Gasteiger partial charge in [-0.05, 0) is 38.5 Å². The van der Waals surface area contributed by atoms with Crippen LogP contribution in [0.25, 0.3) is 0 Å². The lowest BCUT2D eigenvalue weighted by molar-refractivity contribution is 0.791. The number of unbranched alkanes of at least 4 members (excludes halogenated alkanes) is 1. The Morgan fingerprint density at radius 2 is 2.50 bits per heavy atom. The van der Waals surface area contributed by atoms with E-state index in [1.807, 2.05) is 0 Å². The molecule has 1 aliphatic rings. The Kier molecular flexibility index (Phi) is 3.28. The zero-order chi connectivity index (χ0) is 7.23. The highest BCUT2D eigenvalue weighted by Gasteiger charge is 2.02. The van der Waals surface area contributed by atoms with Crippen molar-refractivity contribution < 1.29 is 0 Å². The fourth-order valence-corrected chi connectivity index (χ4v) is 1.41. The summed E-state index contributed by atoms with van der Waals surface area (Å²) in [6, 6.07) is 0. The maximum Gasteiger partial charge on any atom is -0.0317 e. The molecule has 0 nitrogen and oxygen atoms in total. The van der Waals surface area contributed by atoms with Crippen molar-refractivity contribution in [3.63, 3.8) is 0 Å². The van der Waals surface area contributed by atoms with Gasteiger partial charge in [0.15, 0.2) is 0 Å². The zero-order valence-electron chi connectivity index (χ0n) is 6.47. The summed E-state index contributed by atoms with van der Waals surface area (Å²) >= 11 is 0. The van der Waals surface area contributed by atoms with Gasteiger partial charge in [-0.1, -0.05) is 24.3 Å². The fourth-order valence-electron chi connectivity index (χ4n) is 1.41. The zero-order valence-corrected chi connectivity index (χ0v) is 6.47. The van der Waals surface area contributed by atoms with Crippen LogP contribution in [0, 0.1) is 6.58 Å². The van der Waals surface area contributed by atoms with E-state index in [4.69, 9.17) is 6.58 Å². The van der Waals surface area contributed by atoms with Crippen LogP contribution in [-0.2, 0) is 0 Å². The van der Waals surface area contributed by atoms with E-state index >= 15 is 0 Å². The van der Waals surface area contributed by atoms with Gasteiger partial charge in [-0.15, -0.1) is 0 Å². The summed E-state index contributed by atoms with van der Waals surface area (Å²) in [5, 5.41) is 0. The van der Waals surface area contributed by atoms with Crippen LogP contribution in [0.4, 0.5) is 0 Å². The monoisotopic (exact) mass is 135 g/mol. The standard InChI is InChI=1S/C10H15/c1-2-3-4-7-10-8-5-6-9-10/h1-2,8H,3-7,9H2. The van der Waals surface area contributed by atoms with Crippen molar-refractivity contribution in [2.75, 3.05) is 0 Å². The Bertz CT molecular complexity index is 131. The molecule has 0 aliphatic heterocycles. The minimum Gasteiger partial charge on any atom is -0.0853 e. The van der Waals surface area contributed by atoms with Crippen molar-refractivity contribution in [1.82, 2.24) is 0 Å². The second kappa shape index (κ2) is 4.32. The van der Waals surface area contributed by atoms with Crippen LogP contribution in [-0.4, -0.2) is 0 Å². The maximum atomic E-state index is 5.27. The Labute approximate surface area is 63.6 Å². The van der Waals surface area contributed by atoms with Crippen molar-refractivity contribution in [1.29, 1.82) is 0 Å². The van der Waals surface area contributed by atoms with E-state index in [1.54, 1.807) is 11.6 Å². The predicted molar refractivity (Wildman–Crippen MR) is 44.7 cm³/mol. The minimum atomic E-state index is 1.07. The molecule has 0 aromatic rings. The Balaban J connectivity index is 2.06. The van der Waals surface area contributed by atoms with E-state index in [9.17, 15) is 0 Å². The average molecular weight is 135 g/mol. The predicted octanol–water partition coefficient (Wildman–Crippen LogP) is 3.26. The molecule has 0 unspecified atom stereocenters. The van der Waals surface area contributed by atoms with E-state index < -0.39 is 0 Å². The summed E-state index contributed by atoms with van der Waals surface area (Å²) in [4.78, 5) is 0. The third kappa shape index (κ3) is 2.38. The number of rotatable bonds is 4. The van der Waals surface area contributed by atoms with Crippen LogP contribution in [0.5, 0.6) is 0 Å². The van der Waals surface area contributed by atoms with Crippen LogP contribution in [0.3, 0.4) is 0 Å². The van der Waals surface area contributed by atoms with Crippen molar-refractivity contribution in [2.24, 2.45) is 0 Å². The number of hydrogen-bond acceptors (Lipinski definition) is 0. The Morgan fingerprint density at radius 3 is 3.10 bits per heavy atom. The van der Waals surface area contributed by atoms with Crippen LogP contribution in [0.2, 0.25) is 0 Å². The van der Waals surface area contributed by atoms with Gasteiger partial charge < -0.3 is 0 Å². The van der Waals surface area contributed by atoms with Gasteiger partial charge in [-0.25, -0.2) is 0 Å². The molecule has 0 aromatic carbocycles. The molecule has 55 valence electrons. The third-order valence-corrected chi connectivity index (χ3v) is 2.00. The van der Waals surface area contributed by atoms with Crippen LogP contribution in [0.15, 0.2) is 17.7 Å². The minimum absolute atomic E-state index is 1.07. The lowest BCUT2D eigenvalue weighted by Gasteiger charge is -1.97. The van der Waals surface area contributed by atoms with E-state index in [-0.39, 0.29) is 0 Å². The van der Waals surface area contributed by atoms with Crippen LogP contribution < -0.4 is 0 Å². The topological polar surface area (TPSA) is 0 Å². The van der Waals surface area contributed by atoms with Gasteiger partial charge in [0, 0.05) is 0 Å². The molecule has 0 N–H and O–H groups in total. The smallest absolute Gasteiger partial charge is 0.0317 e. The highest BCUT2D eigenvalue weighted by Crippen LogP contribution is 2.22. The molecule has 0 saturated carbocycles. The van der Waals surface area contributed by atoms with Gasteiger partial charge in [0.2, 0.25) is 0 Å². The summed E-state index contributed by atoms with van der Waals surface area (Å²) in [5.41, 5.74) is 1.65. The van der Waals surface area contributed by atoms with E-state index in [2.05, 4.69) is 6.08 Å². The van der Waals surface area contributed by atoms with Gasteiger partial charge in [0.05, 0.1) is 0 Å². The first-order valence-electron chi connectivity index (χ1n) is 4.15. The van der Waals surface area contributed by atoms with E-state index in [1.165, 1.54) is 32.1 Å². The van der Waals surface area contributed by atoms with Crippen molar-refractivity contribution in [2.45, 2.75) is 38.5 Å². The first kappa shape index (κ1) is 7.59. The van der Waals surface area contributed by atoms with Gasteiger partial charge >= 0.3 is 0 Å². The van der Waals surface area contributed by atoms with E-state index in [0.717, 1.165) is 6.42 Å². The summed E-state index contributed by atoms with van der Waals surface area (Å²) in [6.45, 7) is 5.27. The van der Waals surface area contributed by atoms with Crippen molar-refractivity contribution in [3.05, 3.63) is 24.3 Å². The molecule has 0 amide bonds. The van der Waals surface area contributed by atoms with E-state index in [0.29, 0.717) is 0 Å². The van der Waals surface area contributed by atoms with Gasteiger partial charge in [-0.2, -0.15) is 0 Å². The summed E-state index contributed by atoms with van der Waals surface area (Å²) in [7, 11) is 0. The molecule has 10 heavy (non-hydrogen) atoms. The molecule has 0 spiro atoms. The molecule has 0 atom stereocenters. The first-order chi connectivity index (χ1) is 4.93. The maximum absolute atomic E-state index is 5.27. The van der Waals surface area contributed by atoms with Gasteiger partial charge in [0.1, 0.15) is 0 Å². The summed E-state index contributed by atoms with van der Waals surface area (Å²) in [5.74, 6) is 0. The molecule has 0 heteroatoms. The van der Waals surface area contributed by atoms with Crippen molar-refractivity contribution >= 4 is 0 Å². The molecular formula is C10H15. The molecule has 0 bridgehead atoms. The SMILES string of the molecule is [CH]=CCCCC1=CCCC1. The lowest BCUT2D eigenvalue weighted by Crippen LogP contribution is -1.77. The second-order valence-corrected chi connectivity index (χ2v) is 2.88. The molecule has 0 saturated heterocycles. The van der Waals surface area contributed by atoms with Gasteiger partial charge in [0.25, 0.3) is 0 Å². The molecule has 0 aromatic heterocycles. The first-order valence-corrected chi connectivity index (χ1v) is 4.15. The molecule has 1 radical (unpaired) electrons. The lowest BCUT2D eigenvalue weighted by atomic mass is 10.1. The van der Waals surface area contributed by atoms with Crippen LogP contribution >= 0.6 is 0 Å². The Hall–Kier alpha value is -0.520.